The quantitative estimate of drug-likeness (QED) is 0.145. The van der Waals surface area contributed by atoms with Gasteiger partial charge in [-0.3, -0.25) is 0 Å². The van der Waals surface area contributed by atoms with Crippen molar-refractivity contribution in [3.63, 3.8) is 0 Å². The highest BCUT2D eigenvalue weighted by Crippen LogP contribution is 2.73. The molecule has 0 atom stereocenters. The summed E-state index contributed by atoms with van der Waals surface area (Å²) in [5, 5.41) is 4.68. The van der Waals surface area contributed by atoms with Crippen molar-refractivity contribution in [1.82, 2.24) is 0 Å². The molecule has 0 bridgehead atoms. The molecule has 11 rings (SSSR count). The molecule has 0 fully saturated rings. The Bertz CT molecular complexity index is 3190. The van der Waals surface area contributed by atoms with E-state index < -0.39 is 10.0 Å². The van der Waals surface area contributed by atoms with Crippen molar-refractivity contribution in [3.05, 3.63) is 249 Å². The Morgan fingerprint density at radius 1 is 0.295 bits per heavy atom. The Morgan fingerprint density at radius 2 is 0.787 bits per heavy atom. The van der Waals surface area contributed by atoms with Gasteiger partial charge in [0.1, 0.15) is 11.2 Å². The van der Waals surface area contributed by atoms with E-state index in [2.05, 4.69) is 254 Å². The van der Waals surface area contributed by atoms with Gasteiger partial charge in [0, 0.05) is 53.5 Å². The predicted octanol–water partition coefficient (Wildman–Crippen LogP) is 16.9. The maximum atomic E-state index is 6.72. The smallest absolute Gasteiger partial charge is 0.137 e. The van der Waals surface area contributed by atoms with Crippen molar-refractivity contribution in [3.8, 4) is 22.3 Å². The van der Waals surface area contributed by atoms with E-state index in [1.165, 1.54) is 47.0 Å². The van der Waals surface area contributed by atoms with E-state index in [9.17, 15) is 0 Å². The second-order valence-corrected chi connectivity index (χ2v) is 18.4. The molecule has 1 heterocycles. The Balaban J connectivity index is 1.11. The SMILES string of the molecule is c1ccc(-c2ccc3c(c2)oc2cc(N(c4ccc(-c5cccc6ccccc56)cc4)c4cccc(S(c5ccccc5)(c5ccccc5)c5ccccc5)c4)ccc23)cc1. The fourth-order valence-electron chi connectivity index (χ4n) is 8.93. The lowest BCUT2D eigenvalue weighted by atomic mass is 9.98. The molecular weight excluding hydrogens is 759 g/mol. The highest BCUT2D eigenvalue weighted by atomic mass is 32.3. The van der Waals surface area contributed by atoms with E-state index in [4.69, 9.17) is 4.42 Å². The molecule has 2 nitrogen and oxygen atoms in total. The fraction of sp³-hybridized carbons (Fsp3) is 0. The molecule has 10 aromatic carbocycles. The molecule has 0 saturated carbocycles. The molecule has 0 radical (unpaired) electrons. The van der Waals surface area contributed by atoms with E-state index in [1.54, 1.807) is 0 Å². The first kappa shape index (κ1) is 36.5. The first-order valence-corrected chi connectivity index (χ1v) is 22.4. The number of anilines is 3. The summed E-state index contributed by atoms with van der Waals surface area (Å²) >= 11 is 0. The minimum absolute atomic E-state index is 0.851. The summed E-state index contributed by atoms with van der Waals surface area (Å²) in [6, 6.07) is 90.2. The first-order chi connectivity index (χ1) is 30.2. The molecule has 0 aliphatic rings. The molecule has 0 saturated heterocycles. The van der Waals surface area contributed by atoms with Crippen molar-refractivity contribution < 1.29 is 4.42 Å². The molecular formula is C58H41NOS. The molecule has 290 valence electrons. The average molecular weight is 800 g/mol. The van der Waals surface area contributed by atoms with Crippen LogP contribution in [0.4, 0.5) is 17.1 Å². The van der Waals surface area contributed by atoms with Gasteiger partial charge in [0.25, 0.3) is 0 Å². The fourth-order valence-corrected chi connectivity index (χ4v) is 12.8. The minimum Gasteiger partial charge on any atom is -0.456 e. The summed E-state index contributed by atoms with van der Waals surface area (Å²) in [4.78, 5) is 7.49. The summed E-state index contributed by atoms with van der Waals surface area (Å²) in [6.07, 6.45) is 0. The summed E-state index contributed by atoms with van der Waals surface area (Å²) in [5.74, 6) is 0. The van der Waals surface area contributed by atoms with Crippen LogP contribution in [0.5, 0.6) is 0 Å². The monoisotopic (exact) mass is 799 g/mol. The van der Waals surface area contributed by atoms with Crippen molar-refractivity contribution >= 4 is 59.8 Å². The Labute approximate surface area is 357 Å². The molecule has 0 unspecified atom stereocenters. The van der Waals surface area contributed by atoms with Crippen molar-refractivity contribution in [2.24, 2.45) is 0 Å². The van der Waals surface area contributed by atoms with Crippen LogP contribution in [-0.4, -0.2) is 0 Å². The van der Waals surface area contributed by atoms with Crippen LogP contribution in [-0.2, 0) is 0 Å². The average Bonchev–Trinajstić information content (AvgIpc) is 3.71. The molecule has 0 amide bonds. The van der Waals surface area contributed by atoms with Crippen LogP contribution < -0.4 is 4.90 Å². The summed E-state index contributed by atoms with van der Waals surface area (Å²) in [7, 11) is -1.92. The van der Waals surface area contributed by atoms with Gasteiger partial charge < -0.3 is 9.32 Å². The number of benzene rings is 10. The third-order valence-electron chi connectivity index (χ3n) is 11.8. The number of fused-ring (bicyclic) bond motifs is 4. The number of hydrogen-bond donors (Lipinski definition) is 0. The largest absolute Gasteiger partial charge is 0.456 e. The highest BCUT2D eigenvalue weighted by molar-refractivity contribution is 8.34. The highest BCUT2D eigenvalue weighted by Gasteiger charge is 2.34. The number of rotatable bonds is 9. The van der Waals surface area contributed by atoms with Gasteiger partial charge in [-0.1, -0.05) is 152 Å². The summed E-state index contributed by atoms with van der Waals surface area (Å²) < 4.78 is 6.72. The lowest BCUT2D eigenvalue weighted by molar-refractivity contribution is 0.669. The zero-order valence-electron chi connectivity index (χ0n) is 33.4. The third kappa shape index (κ3) is 6.48. The Hall–Kier alpha value is -7.59. The molecule has 3 heteroatoms. The van der Waals surface area contributed by atoms with Crippen LogP contribution in [0.25, 0.3) is 55.0 Å². The molecule has 1 aromatic heterocycles. The molecule has 0 aliphatic heterocycles. The van der Waals surface area contributed by atoms with Gasteiger partial charge in [-0.2, -0.15) is 0 Å². The van der Waals surface area contributed by atoms with Gasteiger partial charge in [-0.05, 0) is 124 Å². The van der Waals surface area contributed by atoms with Crippen molar-refractivity contribution in [2.75, 3.05) is 4.90 Å². The van der Waals surface area contributed by atoms with Crippen LogP contribution in [0, 0.1) is 0 Å². The summed E-state index contributed by atoms with van der Waals surface area (Å²) in [6.45, 7) is 0. The van der Waals surface area contributed by atoms with Crippen LogP contribution in [0.2, 0.25) is 0 Å². The van der Waals surface area contributed by atoms with E-state index in [0.29, 0.717) is 0 Å². The zero-order valence-corrected chi connectivity index (χ0v) is 34.3. The minimum atomic E-state index is -1.92. The zero-order chi connectivity index (χ0) is 40.6. The van der Waals surface area contributed by atoms with E-state index in [1.807, 2.05) is 0 Å². The Morgan fingerprint density at radius 3 is 1.46 bits per heavy atom. The number of furan rings is 1. The van der Waals surface area contributed by atoms with Crippen molar-refractivity contribution in [1.29, 1.82) is 0 Å². The van der Waals surface area contributed by atoms with Gasteiger partial charge in [0.2, 0.25) is 0 Å². The normalized spacial score (nSPS) is 11.9. The lowest BCUT2D eigenvalue weighted by Crippen LogP contribution is -2.11. The summed E-state index contributed by atoms with van der Waals surface area (Å²) in [5.41, 5.74) is 9.58. The third-order valence-corrected chi connectivity index (χ3v) is 15.7. The van der Waals surface area contributed by atoms with Crippen LogP contribution in [0.15, 0.2) is 273 Å². The lowest BCUT2D eigenvalue weighted by Gasteiger charge is -2.42. The number of nitrogens with zero attached hydrogens (tertiary/aromatic N) is 1. The first-order valence-electron chi connectivity index (χ1n) is 20.7. The van der Waals surface area contributed by atoms with Gasteiger partial charge in [0.05, 0.1) is 0 Å². The Kier molecular flexibility index (Phi) is 9.30. The molecule has 61 heavy (non-hydrogen) atoms. The molecule has 11 aromatic rings. The molecule has 0 aliphatic carbocycles. The van der Waals surface area contributed by atoms with Crippen LogP contribution in [0.1, 0.15) is 0 Å². The standard InChI is InChI=1S/C58H41NOS/c1-5-17-42(18-6-1)45-33-37-55-56-38-36-48(41-58(56)60-57(55)39-45)59(46-34-31-44(32-35-46)54-30-15-20-43-19-13-14-29-53(43)54)47-21-16-28-52(40-47)61(49-22-7-2-8-23-49,50-24-9-3-10-25-50)51-26-11-4-12-27-51/h1-41H. The van der Waals surface area contributed by atoms with Gasteiger partial charge in [0.15, 0.2) is 0 Å². The van der Waals surface area contributed by atoms with Crippen molar-refractivity contribution in [2.45, 2.75) is 19.6 Å². The van der Waals surface area contributed by atoms with E-state index in [-0.39, 0.29) is 0 Å². The second-order valence-electron chi connectivity index (χ2n) is 15.3. The second kappa shape index (κ2) is 15.5. The van der Waals surface area contributed by atoms with Gasteiger partial charge >= 0.3 is 0 Å². The maximum Gasteiger partial charge on any atom is 0.137 e. The topological polar surface area (TPSA) is 16.4 Å². The van der Waals surface area contributed by atoms with Crippen LogP contribution >= 0.6 is 10.0 Å². The maximum absolute atomic E-state index is 6.72. The molecule has 0 spiro atoms. The van der Waals surface area contributed by atoms with Crippen LogP contribution in [0.3, 0.4) is 0 Å². The van der Waals surface area contributed by atoms with E-state index >= 15 is 0 Å². The van der Waals surface area contributed by atoms with Gasteiger partial charge in [-0.15, -0.1) is 10.0 Å². The van der Waals surface area contributed by atoms with Gasteiger partial charge in [-0.25, -0.2) is 0 Å². The predicted molar refractivity (Wildman–Crippen MR) is 257 cm³/mol. The van der Waals surface area contributed by atoms with E-state index in [0.717, 1.165) is 44.6 Å². The number of hydrogen-bond acceptors (Lipinski definition) is 2. The molecule has 0 N–H and O–H groups in total.